The minimum absolute atomic E-state index is 0.0737. The van der Waals surface area contributed by atoms with Crippen LogP contribution >= 0.6 is 46.6 Å². The average Bonchev–Trinajstić information content (AvgIpc) is 2.57. The molecule has 0 saturated carbocycles. The molecule has 10 heteroatoms. The molecule has 0 spiro atoms. The molecule has 2 aromatic carbocycles. The number of halogens is 3. The van der Waals surface area contributed by atoms with Crippen LogP contribution in [0.3, 0.4) is 0 Å². The number of benzene rings is 2. The zero-order chi connectivity index (χ0) is 20.2. The first-order valence-corrected chi connectivity index (χ1v) is 11.7. The van der Waals surface area contributed by atoms with E-state index in [2.05, 4.69) is 5.32 Å². The lowest BCUT2D eigenvalue weighted by Gasteiger charge is -2.23. The highest BCUT2D eigenvalue weighted by atomic mass is 35.5. The van der Waals surface area contributed by atoms with Crippen molar-refractivity contribution in [3.05, 3.63) is 51.5 Å². The summed E-state index contributed by atoms with van der Waals surface area (Å²) in [5.41, 5.74) is 0.697. The lowest BCUT2D eigenvalue weighted by atomic mass is 10.3. The van der Waals surface area contributed by atoms with Crippen LogP contribution in [0, 0.1) is 0 Å². The number of hydrogen-bond acceptors (Lipinski definition) is 4. The van der Waals surface area contributed by atoms with Crippen LogP contribution in [0.25, 0.3) is 0 Å². The third-order valence-electron chi connectivity index (χ3n) is 3.41. The van der Waals surface area contributed by atoms with Gasteiger partial charge in [-0.2, -0.15) is 0 Å². The second-order valence-electron chi connectivity index (χ2n) is 5.46. The molecule has 1 amide bonds. The summed E-state index contributed by atoms with van der Waals surface area (Å²) in [6.45, 7) is 1.54. The lowest BCUT2D eigenvalue weighted by molar-refractivity contribution is -0.114. The van der Waals surface area contributed by atoms with E-state index in [1.54, 1.807) is 23.9 Å². The number of para-hydroxylation sites is 1. The molecule has 0 aromatic heterocycles. The third kappa shape index (κ3) is 5.93. The monoisotopic (exact) mass is 466 g/mol. The van der Waals surface area contributed by atoms with Crippen molar-refractivity contribution in [1.82, 2.24) is 0 Å². The lowest BCUT2D eigenvalue weighted by Crippen LogP contribution is -2.37. The maximum atomic E-state index is 12.5. The van der Waals surface area contributed by atoms with Crippen molar-refractivity contribution in [2.24, 2.45) is 0 Å². The fourth-order valence-electron chi connectivity index (χ4n) is 2.26. The van der Waals surface area contributed by atoms with Crippen LogP contribution in [-0.4, -0.2) is 32.9 Å². The SMILES string of the molecule is CCSc1ccccc1NC(=O)CN(c1cc(Cl)c(Cl)cc1Cl)S(C)(=O)=O. The molecule has 0 radical (unpaired) electrons. The predicted molar refractivity (Wildman–Crippen MR) is 115 cm³/mol. The first-order valence-electron chi connectivity index (χ1n) is 7.77. The number of thioether (sulfide) groups is 1. The van der Waals surface area contributed by atoms with Crippen LogP contribution in [-0.2, 0) is 14.8 Å². The van der Waals surface area contributed by atoms with Crippen molar-refractivity contribution < 1.29 is 13.2 Å². The quantitative estimate of drug-likeness (QED) is 0.451. The first kappa shape index (κ1) is 22.2. The average molecular weight is 468 g/mol. The molecule has 0 unspecified atom stereocenters. The zero-order valence-electron chi connectivity index (χ0n) is 14.5. The van der Waals surface area contributed by atoms with Crippen LogP contribution < -0.4 is 9.62 Å². The largest absolute Gasteiger partial charge is 0.323 e. The highest BCUT2D eigenvalue weighted by Crippen LogP contribution is 2.35. The second-order valence-corrected chi connectivity index (χ2v) is 9.90. The van der Waals surface area contributed by atoms with Gasteiger partial charge in [0.25, 0.3) is 0 Å². The Bertz CT molecular complexity index is 952. The molecular formula is C17H17Cl3N2O3S2. The smallest absolute Gasteiger partial charge is 0.245 e. The summed E-state index contributed by atoms with van der Waals surface area (Å²) >= 11 is 19.6. The summed E-state index contributed by atoms with van der Waals surface area (Å²) in [5.74, 6) is 0.327. The van der Waals surface area contributed by atoms with Crippen molar-refractivity contribution in [2.75, 3.05) is 28.2 Å². The van der Waals surface area contributed by atoms with E-state index in [0.29, 0.717) is 5.69 Å². The molecule has 1 N–H and O–H groups in total. The fourth-order valence-corrected chi connectivity index (χ4v) is 4.57. The Hall–Kier alpha value is -1.12. The van der Waals surface area contributed by atoms with E-state index < -0.39 is 22.5 Å². The Morgan fingerprint density at radius 1 is 1.11 bits per heavy atom. The highest BCUT2D eigenvalue weighted by molar-refractivity contribution is 7.99. The number of carbonyl (C=O) groups is 1. The standard InChI is InChI=1S/C17H17Cl3N2O3S2/c1-3-26-16-7-5-4-6-14(16)21-17(23)10-22(27(2,24)25)15-9-12(19)11(18)8-13(15)20/h4-9H,3,10H2,1-2H3,(H,21,23). The second kappa shape index (κ2) is 9.39. The van der Waals surface area contributed by atoms with Crippen LogP contribution in [0.5, 0.6) is 0 Å². The summed E-state index contributed by atoms with van der Waals surface area (Å²) in [4.78, 5) is 13.4. The molecule has 2 aromatic rings. The number of nitrogens with one attached hydrogen (secondary N) is 1. The molecule has 27 heavy (non-hydrogen) atoms. The molecular weight excluding hydrogens is 451 g/mol. The van der Waals surface area contributed by atoms with Crippen molar-refractivity contribution in [1.29, 1.82) is 0 Å². The first-order chi connectivity index (χ1) is 12.6. The van der Waals surface area contributed by atoms with Gasteiger partial charge in [-0.1, -0.05) is 53.9 Å². The molecule has 0 heterocycles. The van der Waals surface area contributed by atoms with Crippen molar-refractivity contribution in [3.63, 3.8) is 0 Å². The highest BCUT2D eigenvalue weighted by Gasteiger charge is 2.24. The number of nitrogens with zero attached hydrogens (tertiary/aromatic N) is 1. The number of hydrogen-bond donors (Lipinski definition) is 1. The van der Waals surface area contributed by atoms with Crippen LogP contribution in [0.2, 0.25) is 15.1 Å². The minimum Gasteiger partial charge on any atom is -0.323 e. The van der Waals surface area contributed by atoms with Gasteiger partial charge in [0.05, 0.1) is 32.7 Å². The van der Waals surface area contributed by atoms with Gasteiger partial charge in [-0.15, -0.1) is 11.8 Å². The van der Waals surface area contributed by atoms with E-state index in [1.165, 1.54) is 12.1 Å². The maximum absolute atomic E-state index is 12.5. The molecule has 0 aliphatic rings. The third-order valence-corrected chi connectivity index (χ3v) is 6.51. The van der Waals surface area contributed by atoms with Gasteiger partial charge in [0.15, 0.2) is 0 Å². The van der Waals surface area contributed by atoms with Gasteiger partial charge in [-0.25, -0.2) is 8.42 Å². The predicted octanol–water partition coefficient (Wildman–Crippen LogP) is 5.16. The summed E-state index contributed by atoms with van der Waals surface area (Å²) < 4.78 is 25.4. The van der Waals surface area contributed by atoms with E-state index in [0.717, 1.165) is 21.2 Å². The Balaban J connectivity index is 2.31. The van der Waals surface area contributed by atoms with Crippen molar-refractivity contribution in [3.8, 4) is 0 Å². The maximum Gasteiger partial charge on any atom is 0.245 e. The van der Waals surface area contributed by atoms with Crippen LogP contribution in [0.1, 0.15) is 6.92 Å². The van der Waals surface area contributed by atoms with Gasteiger partial charge in [-0.3, -0.25) is 9.10 Å². The van der Waals surface area contributed by atoms with Gasteiger partial charge in [0.1, 0.15) is 6.54 Å². The topological polar surface area (TPSA) is 66.5 Å². The molecule has 0 aliphatic carbocycles. The Kier molecular flexibility index (Phi) is 7.71. The van der Waals surface area contributed by atoms with E-state index in [1.807, 2.05) is 19.1 Å². The fraction of sp³-hybridized carbons (Fsp3) is 0.235. The number of amides is 1. The summed E-state index contributed by atoms with van der Waals surface area (Å²) in [6.07, 6.45) is 0.986. The van der Waals surface area contributed by atoms with E-state index in [-0.39, 0.29) is 20.8 Å². The summed E-state index contributed by atoms with van der Waals surface area (Å²) in [5, 5.41) is 3.14. The molecule has 0 fully saturated rings. The summed E-state index contributed by atoms with van der Waals surface area (Å²) in [6, 6.07) is 9.96. The van der Waals surface area contributed by atoms with Gasteiger partial charge in [-0.05, 0) is 30.0 Å². The summed E-state index contributed by atoms with van der Waals surface area (Å²) in [7, 11) is -3.80. The number of anilines is 2. The Morgan fingerprint density at radius 2 is 1.74 bits per heavy atom. The van der Waals surface area contributed by atoms with E-state index in [9.17, 15) is 13.2 Å². The molecule has 0 saturated heterocycles. The van der Waals surface area contributed by atoms with Crippen LogP contribution in [0.15, 0.2) is 41.3 Å². The molecule has 0 atom stereocenters. The molecule has 0 bridgehead atoms. The number of sulfonamides is 1. The van der Waals surface area contributed by atoms with Gasteiger partial charge >= 0.3 is 0 Å². The van der Waals surface area contributed by atoms with Crippen molar-refractivity contribution in [2.45, 2.75) is 11.8 Å². The van der Waals surface area contributed by atoms with Gasteiger partial charge < -0.3 is 5.32 Å². The van der Waals surface area contributed by atoms with Gasteiger partial charge in [0, 0.05) is 4.90 Å². The minimum atomic E-state index is -3.80. The normalized spacial score (nSPS) is 11.3. The molecule has 5 nitrogen and oxygen atoms in total. The zero-order valence-corrected chi connectivity index (χ0v) is 18.4. The Labute approximate surface area is 178 Å². The Morgan fingerprint density at radius 3 is 2.37 bits per heavy atom. The number of carbonyl (C=O) groups excluding carboxylic acids is 1. The van der Waals surface area contributed by atoms with Crippen LogP contribution in [0.4, 0.5) is 11.4 Å². The molecule has 2 rings (SSSR count). The number of rotatable bonds is 7. The molecule has 0 aliphatic heterocycles. The van der Waals surface area contributed by atoms with Gasteiger partial charge in [0.2, 0.25) is 15.9 Å². The molecule has 146 valence electrons. The van der Waals surface area contributed by atoms with E-state index >= 15 is 0 Å². The van der Waals surface area contributed by atoms with E-state index in [4.69, 9.17) is 34.8 Å². The van der Waals surface area contributed by atoms with Crippen molar-refractivity contribution >= 4 is 73.9 Å².